The van der Waals surface area contributed by atoms with Gasteiger partial charge in [0.1, 0.15) is 0 Å². The normalized spacial score (nSPS) is 22.3. The van der Waals surface area contributed by atoms with Gasteiger partial charge < -0.3 is 15.0 Å². The van der Waals surface area contributed by atoms with E-state index in [1.165, 1.54) is 6.07 Å². The lowest BCUT2D eigenvalue weighted by molar-refractivity contribution is -0.148. The van der Waals surface area contributed by atoms with Crippen LogP contribution < -0.4 is 10.2 Å². The van der Waals surface area contributed by atoms with E-state index < -0.39 is 30.2 Å². The Morgan fingerprint density at radius 3 is 2.48 bits per heavy atom. The Morgan fingerprint density at radius 2 is 1.89 bits per heavy atom. The molecule has 1 amide bonds. The lowest BCUT2D eigenvalue weighted by Crippen LogP contribution is -2.31. The van der Waals surface area contributed by atoms with E-state index in [4.69, 9.17) is 4.74 Å². The van der Waals surface area contributed by atoms with Crippen molar-refractivity contribution in [3.05, 3.63) is 23.8 Å². The standard InChI is InChI=1S/C19H23F3N2O3/c1-12-9-14(12)18(26)27-11-17(25)23-15-10-13(19(20,21)22)5-6-16(15)24-7-3-2-4-8-24/h5-6,10,12,14H,2-4,7-9,11H2,1H3,(H,23,25)/t12-,14-/m1/s1. The molecule has 1 heterocycles. The number of hydrogen-bond acceptors (Lipinski definition) is 4. The molecular formula is C19H23F3N2O3. The van der Waals surface area contributed by atoms with Gasteiger partial charge in [0, 0.05) is 13.1 Å². The number of nitrogens with one attached hydrogen (secondary N) is 1. The number of anilines is 2. The number of piperidine rings is 1. The maximum atomic E-state index is 13.1. The van der Waals surface area contributed by atoms with Crippen molar-refractivity contribution in [1.82, 2.24) is 0 Å². The third-order valence-electron chi connectivity index (χ3n) is 5.05. The predicted octanol–water partition coefficient (Wildman–Crippen LogP) is 3.83. The first kappa shape index (κ1) is 19.5. The van der Waals surface area contributed by atoms with Crippen LogP contribution in [0.1, 0.15) is 38.2 Å². The minimum atomic E-state index is -4.51. The van der Waals surface area contributed by atoms with E-state index in [-0.39, 0.29) is 17.5 Å². The van der Waals surface area contributed by atoms with E-state index in [0.29, 0.717) is 5.69 Å². The van der Waals surface area contributed by atoms with E-state index in [9.17, 15) is 22.8 Å². The third kappa shape index (κ3) is 4.93. The summed E-state index contributed by atoms with van der Waals surface area (Å²) in [6.45, 7) is 2.86. The molecule has 1 aliphatic heterocycles. The maximum absolute atomic E-state index is 13.1. The van der Waals surface area contributed by atoms with Gasteiger partial charge in [0.2, 0.25) is 0 Å². The van der Waals surface area contributed by atoms with Crippen LogP contribution in [-0.2, 0) is 20.5 Å². The lowest BCUT2D eigenvalue weighted by atomic mass is 10.1. The molecule has 5 nitrogen and oxygen atoms in total. The fourth-order valence-electron chi connectivity index (χ4n) is 3.30. The highest BCUT2D eigenvalue weighted by atomic mass is 19.4. The smallest absolute Gasteiger partial charge is 0.416 e. The number of amides is 1. The van der Waals surface area contributed by atoms with Crippen molar-refractivity contribution >= 4 is 23.3 Å². The van der Waals surface area contributed by atoms with Gasteiger partial charge in [-0.05, 0) is 49.8 Å². The summed E-state index contributed by atoms with van der Waals surface area (Å²) in [4.78, 5) is 25.8. The van der Waals surface area contributed by atoms with Crippen LogP contribution in [0.3, 0.4) is 0 Å². The molecule has 0 aromatic heterocycles. The van der Waals surface area contributed by atoms with E-state index in [1.807, 2.05) is 11.8 Å². The number of ether oxygens (including phenoxy) is 1. The van der Waals surface area contributed by atoms with Crippen molar-refractivity contribution in [3.8, 4) is 0 Å². The zero-order chi connectivity index (χ0) is 19.6. The molecule has 1 aliphatic carbocycles. The summed E-state index contributed by atoms with van der Waals surface area (Å²) in [6, 6.07) is 3.35. The average molecular weight is 384 g/mol. The quantitative estimate of drug-likeness (QED) is 0.784. The van der Waals surface area contributed by atoms with Crippen molar-refractivity contribution in [2.45, 2.75) is 38.8 Å². The fraction of sp³-hybridized carbons (Fsp3) is 0.579. The first-order valence-corrected chi connectivity index (χ1v) is 9.18. The van der Waals surface area contributed by atoms with Gasteiger partial charge in [0.15, 0.2) is 6.61 Å². The molecule has 27 heavy (non-hydrogen) atoms. The first-order chi connectivity index (χ1) is 12.8. The molecule has 1 saturated carbocycles. The van der Waals surface area contributed by atoms with Crippen LogP contribution in [0, 0.1) is 11.8 Å². The fourth-order valence-corrected chi connectivity index (χ4v) is 3.30. The van der Waals surface area contributed by atoms with Gasteiger partial charge in [-0.15, -0.1) is 0 Å². The minimum absolute atomic E-state index is 0.0903. The SMILES string of the molecule is C[C@@H]1C[C@H]1C(=O)OCC(=O)Nc1cc(C(F)(F)F)ccc1N1CCCCC1. The van der Waals surface area contributed by atoms with E-state index >= 15 is 0 Å². The predicted molar refractivity (Wildman–Crippen MR) is 94.4 cm³/mol. The van der Waals surface area contributed by atoms with Crippen LogP contribution in [0.5, 0.6) is 0 Å². The number of rotatable bonds is 5. The Bertz CT molecular complexity index is 715. The molecule has 1 aromatic rings. The van der Waals surface area contributed by atoms with Crippen LogP contribution >= 0.6 is 0 Å². The highest BCUT2D eigenvalue weighted by molar-refractivity contribution is 5.96. The molecule has 1 saturated heterocycles. The monoisotopic (exact) mass is 384 g/mol. The topological polar surface area (TPSA) is 58.6 Å². The van der Waals surface area contributed by atoms with Crippen molar-refractivity contribution < 1.29 is 27.5 Å². The van der Waals surface area contributed by atoms with Crippen LogP contribution in [0.2, 0.25) is 0 Å². The molecule has 2 fully saturated rings. The molecule has 2 aliphatic rings. The van der Waals surface area contributed by atoms with Crippen LogP contribution in [0.4, 0.5) is 24.5 Å². The van der Waals surface area contributed by atoms with Crippen LogP contribution in [0.15, 0.2) is 18.2 Å². The molecular weight excluding hydrogens is 361 g/mol. The van der Waals surface area contributed by atoms with Crippen LogP contribution in [0.25, 0.3) is 0 Å². The second kappa shape index (κ2) is 7.78. The number of nitrogens with zero attached hydrogens (tertiary/aromatic N) is 1. The van der Waals surface area contributed by atoms with Crippen LogP contribution in [-0.4, -0.2) is 31.6 Å². The summed E-state index contributed by atoms with van der Waals surface area (Å²) < 4.78 is 44.2. The summed E-state index contributed by atoms with van der Waals surface area (Å²) in [6.07, 6.45) is -0.784. The van der Waals surface area contributed by atoms with Crippen molar-refractivity contribution in [2.24, 2.45) is 11.8 Å². The molecule has 3 rings (SSSR count). The Kier molecular flexibility index (Phi) is 5.62. The summed E-state index contributed by atoms with van der Waals surface area (Å²) in [5.41, 5.74) is -0.187. The summed E-state index contributed by atoms with van der Waals surface area (Å²) >= 11 is 0. The van der Waals surface area contributed by atoms with Gasteiger partial charge in [-0.25, -0.2) is 0 Å². The summed E-state index contributed by atoms with van der Waals surface area (Å²) in [5, 5.41) is 2.49. The number of hydrogen-bond donors (Lipinski definition) is 1. The van der Waals surface area contributed by atoms with Gasteiger partial charge in [0.05, 0.1) is 22.9 Å². The molecule has 0 radical (unpaired) electrons. The molecule has 1 N–H and O–H groups in total. The second-order valence-electron chi connectivity index (χ2n) is 7.25. The third-order valence-corrected chi connectivity index (χ3v) is 5.05. The number of esters is 1. The van der Waals surface area contributed by atoms with E-state index in [0.717, 1.165) is 50.9 Å². The Hall–Kier alpha value is -2.25. The van der Waals surface area contributed by atoms with E-state index in [1.54, 1.807) is 0 Å². The van der Waals surface area contributed by atoms with Gasteiger partial charge in [0.25, 0.3) is 5.91 Å². The lowest BCUT2D eigenvalue weighted by Gasteiger charge is -2.31. The number of alkyl halides is 3. The molecule has 0 bridgehead atoms. The Morgan fingerprint density at radius 1 is 1.22 bits per heavy atom. The van der Waals surface area contributed by atoms with E-state index in [2.05, 4.69) is 5.32 Å². The Labute approximate surface area is 155 Å². The Balaban J connectivity index is 1.72. The van der Waals surface area contributed by atoms with Gasteiger partial charge in [-0.2, -0.15) is 13.2 Å². The largest absolute Gasteiger partial charge is 0.455 e. The summed E-state index contributed by atoms with van der Waals surface area (Å²) in [5.74, 6) is -0.989. The average Bonchev–Trinajstić information content (AvgIpc) is 3.36. The molecule has 0 unspecified atom stereocenters. The number of halogens is 3. The molecule has 148 valence electrons. The van der Waals surface area contributed by atoms with Crippen molar-refractivity contribution in [2.75, 3.05) is 29.9 Å². The highest BCUT2D eigenvalue weighted by Crippen LogP contribution is 2.39. The minimum Gasteiger partial charge on any atom is -0.455 e. The van der Waals surface area contributed by atoms with Gasteiger partial charge in [-0.3, -0.25) is 9.59 Å². The zero-order valence-corrected chi connectivity index (χ0v) is 15.1. The van der Waals surface area contributed by atoms with Gasteiger partial charge >= 0.3 is 12.1 Å². The van der Waals surface area contributed by atoms with Crippen molar-refractivity contribution in [1.29, 1.82) is 0 Å². The number of carbonyl (C=O) groups is 2. The number of carbonyl (C=O) groups excluding carboxylic acids is 2. The highest BCUT2D eigenvalue weighted by Gasteiger charge is 2.40. The first-order valence-electron chi connectivity index (χ1n) is 9.18. The zero-order valence-electron chi connectivity index (χ0n) is 15.1. The van der Waals surface area contributed by atoms with Crippen molar-refractivity contribution in [3.63, 3.8) is 0 Å². The number of benzene rings is 1. The molecule has 1 aromatic carbocycles. The summed E-state index contributed by atoms with van der Waals surface area (Å²) in [7, 11) is 0. The molecule has 2 atom stereocenters. The molecule has 8 heteroatoms. The second-order valence-corrected chi connectivity index (χ2v) is 7.25. The van der Waals surface area contributed by atoms with Gasteiger partial charge in [-0.1, -0.05) is 6.92 Å². The molecule has 0 spiro atoms. The maximum Gasteiger partial charge on any atom is 0.416 e.